The van der Waals surface area contributed by atoms with Crippen LogP contribution in [0.15, 0.2) is 0 Å². The van der Waals surface area contributed by atoms with Crippen molar-refractivity contribution in [3.8, 4) is 0 Å². The Balaban J connectivity index is 0. The number of aryl methyl sites for hydroxylation is 1. The quantitative estimate of drug-likeness (QED) is 0.493. The number of aromatic nitrogens is 4. The van der Waals surface area contributed by atoms with E-state index in [4.69, 9.17) is 11.6 Å². The SMILES string of the molecule is CCN(CC)CC.CCOC(=O)C(=O)Cl.Cc1nn[nH]n1. The molecule has 1 aromatic rings. The summed E-state index contributed by atoms with van der Waals surface area (Å²) >= 11 is 4.69. The molecule has 0 radical (unpaired) electrons. The monoisotopic (exact) mass is 321 g/mol. The Hall–Kier alpha value is -1.54. The number of nitrogens with one attached hydrogen (secondary N) is 1. The summed E-state index contributed by atoms with van der Waals surface area (Å²) in [5, 5.41) is 11.6. The number of hydrogen-bond donors (Lipinski definition) is 1. The molecule has 0 unspecified atom stereocenters. The van der Waals surface area contributed by atoms with E-state index in [0.29, 0.717) is 5.82 Å². The van der Waals surface area contributed by atoms with Gasteiger partial charge in [0.1, 0.15) is 0 Å². The molecule has 0 saturated carbocycles. The van der Waals surface area contributed by atoms with Gasteiger partial charge >= 0.3 is 11.2 Å². The van der Waals surface area contributed by atoms with Crippen LogP contribution in [-0.4, -0.2) is 63.0 Å². The van der Waals surface area contributed by atoms with Crippen molar-refractivity contribution in [2.45, 2.75) is 34.6 Å². The topological polar surface area (TPSA) is 101 Å². The fraction of sp³-hybridized carbons (Fsp3) is 0.750. The highest BCUT2D eigenvalue weighted by molar-refractivity contribution is 6.80. The van der Waals surface area contributed by atoms with Gasteiger partial charge in [0, 0.05) is 0 Å². The summed E-state index contributed by atoms with van der Waals surface area (Å²) in [5.74, 6) is -0.316. The zero-order valence-corrected chi connectivity index (χ0v) is 14.0. The molecule has 21 heavy (non-hydrogen) atoms. The summed E-state index contributed by atoms with van der Waals surface area (Å²) in [7, 11) is 0. The lowest BCUT2D eigenvalue weighted by atomic mass is 10.5. The third-order valence-electron chi connectivity index (χ3n) is 2.23. The number of tetrazole rings is 1. The minimum atomic E-state index is -1.08. The normalized spacial score (nSPS) is 9.10. The predicted molar refractivity (Wildman–Crippen MR) is 79.9 cm³/mol. The van der Waals surface area contributed by atoms with Gasteiger partial charge < -0.3 is 9.64 Å². The molecule has 0 aliphatic carbocycles. The molecule has 1 rings (SSSR count). The van der Waals surface area contributed by atoms with E-state index in [2.05, 4.69) is 51.0 Å². The van der Waals surface area contributed by atoms with E-state index in [-0.39, 0.29) is 6.61 Å². The number of nitrogens with zero attached hydrogens (tertiary/aromatic N) is 4. The van der Waals surface area contributed by atoms with Crippen LogP contribution >= 0.6 is 11.6 Å². The van der Waals surface area contributed by atoms with Crippen molar-refractivity contribution in [1.29, 1.82) is 0 Å². The second-order valence-corrected chi connectivity index (χ2v) is 3.92. The minimum absolute atomic E-state index is 0.178. The second kappa shape index (κ2) is 14.9. The molecule has 1 aromatic heterocycles. The van der Waals surface area contributed by atoms with Crippen LogP contribution in [0.25, 0.3) is 0 Å². The molecule has 0 atom stereocenters. The van der Waals surface area contributed by atoms with Crippen molar-refractivity contribution in [3.05, 3.63) is 5.82 Å². The number of carbonyl (C=O) groups excluding carboxylic acids is 2. The van der Waals surface area contributed by atoms with E-state index in [0.717, 1.165) is 0 Å². The molecule has 1 N–H and O–H groups in total. The second-order valence-electron chi connectivity index (χ2n) is 3.57. The summed E-state index contributed by atoms with van der Waals surface area (Å²) < 4.78 is 4.18. The molecule has 122 valence electrons. The number of halogens is 1. The van der Waals surface area contributed by atoms with Gasteiger partial charge in [0.05, 0.1) is 6.61 Å². The first kappa shape index (κ1) is 21.8. The highest BCUT2D eigenvalue weighted by Gasteiger charge is 2.08. The van der Waals surface area contributed by atoms with E-state index in [1.165, 1.54) is 19.6 Å². The largest absolute Gasteiger partial charge is 0.459 e. The fourth-order valence-electron chi connectivity index (χ4n) is 1.07. The van der Waals surface area contributed by atoms with Crippen LogP contribution in [0.1, 0.15) is 33.5 Å². The zero-order valence-electron chi connectivity index (χ0n) is 13.2. The van der Waals surface area contributed by atoms with E-state index in [9.17, 15) is 9.59 Å². The maximum absolute atomic E-state index is 10.0. The average Bonchev–Trinajstić information content (AvgIpc) is 2.93. The van der Waals surface area contributed by atoms with E-state index in [1.54, 1.807) is 13.8 Å². The van der Waals surface area contributed by atoms with Gasteiger partial charge in [0.25, 0.3) is 0 Å². The summed E-state index contributed by atoms with van der Waals surface area (Å²) in [5.41, 5.74) is 0. The third-order valence-corrected chi connectivity index (χ3v) is 2.38. The van der Waals surface area contributed by atoms with Gasteiger partial charge in [-0.1, -0.05) is 26.0 Å². The number of aromatic amines is 1. The molecule has 1 heterocycles. The number of carbonyl (C=O) groups is 2. The van der Waals surface area contributed by atoms with Gasteiger partial charge in [0.15, 0.2) is 5.82 Å². The predicted octanol–water partition coefficient (Wildman–Crippen LogP) is 1.17. The lowest BCUT2D eigenvalue weighted by Gasteiger charge is -2.13. The first-order valence-electron chi connectivity index (χ1n) is 6.71. The lowest BCUT2D eigenvalue weighted by Crippen LogP contribution is -2.21. The number of H-pyrrole nitrogens is 1. The van der Waals surface area contributed by atoms with Gasteiger partial charge in [-0.15, -0.1) is 10.2 Å². The van der Waals surface area contributed by atoms with E-state index in [1.807, 2.05) is 0 Å². The first-order valence-corrected chi connectivity index (χ1v) is 7.09. The Morgan fingerprint density at radius 2 is 1.71 bits per heavy atom. The van der Waals surface area contributed by atoms with Crippen molar-refractivity contribution in [3.63, 3.8) is 0 Å². The first-order chi connectivity index (χ1) is 9.92. The highest BCUT2D eigenvalue weighted by atomic mass is 35.5. The fourth-order valence-corrected chi connectivity index (χ4v) is 1.13. The Bertz CT molecular complexity index is 363. The molecule has 0 aliphatic heterocycles. The van der Waals surface area contributed by atoms with Crippen LogP contribution in [0.5, 0.6) is 0 Å². The molecular weight excluding hydrogens is 298 g/mol. The molecular formula is C12H24ClN5O3. The maximum atomic E-state index is 10.0. The van der Waals surface area contributed by atoms with Gasteiger partial charge in [-0.2, -0.15) is 5.21 Å². The molecule has 0 spiro atoms. The van der Waals surface area contributed by atoms with Crippen LogP contribution in [0.2, 0.25) is 0 Å². The van der Waals surface area contributed by atoms with Crippen LogP contribution in [-0.2, 0) is 14.3 Å². The Kier molecular flexibility index (Phi) is 15.4. The summed E-state index contributed by atoms with van der Waals surface area (Å²) in [6.07, 6.45) is 0. The standard InChI is InChI=1S/C6H15N.C4H5ClO3.C2H4N4/c1-4-7(5-2)6-3;1-2-8-4(7)3(5)6;1-2-3-5-6-4-2/h4-6H2,1-3H3;2H2,1H3;1H3,(H,3,4,5,6). The van der Waals surface area contributed by atoms with Crippen molar-refractivity contribution >= 4 is 22.8 Å². The van der Waals surface area contributed by atoms with Crippen LogP contribution in [0.4, 0.5) is 0 Å². The maximum Gasteiger partial charge on any atom is 0.391 e. The zero-order chi connectivity index (χ0) is 16.7. The minimum Gasteiger partial charge on any atom is -0.459 e. The molecule has 0 amide bonds. The van der Waals surface area contributed by atoms with Crippen molar-refractivity contribution in [2.75, 3.05) is 26.2 Å². The van der Waals surface area contributed by atoms with Crippen LogP contribution in [0.3, 0.4) is 0 Å². The van der Waals surface area contributed by atoms with Crippen LogP contribution in [0, 0.1) is 6.92 Å². The molecule has 0 aliphatic rings. The summed E-state index contributed by atoms with van der Waals surface area (Å²) in [6.45, 7) is 13.7. The molecule has 0 bridgehead atoms. The van der Waals surface area contributed by atoms with Gasteiger partial charge in [-0.25, -0.2) is 4.79 Å². The molecule has 9 heteroatoms. The van der Waals surface area contributed by atoms with E-state index < -0.39 is 11.2 Å². The highest BCUT2D eigenvalue weighted by Crippen LogP contribution is 1.84. The lowest BCUT2D eigenvalue weighted by molar-refractivity contribution is -0.149. The number of rotatable bonds is 5. The van der Waals surface area contributed by atoms with Crippen molar-refractivity contribution in [1.82, 2.24) is 25.5 Å². The Labute approximate surface area is 130 Å². The molecule has 0 aromatic carbocycles. The Morgan fingerprint density at radius 3 is 1.81 bits per heavy atom. The van der Waals surface area contributed by atoms with Gasteiger partial charge in [0.2, 0.25) is 0 Å². The molecule has 0 fully saturated rings. The summed E-state index contributed by atoms with van der Waals surface area (Å²) in [4.78, 5) is 22.2. The molecule has 8 nitrogen and oxygen atoms in total. The van der Waals surface area contributed by atoms with Crippen molar-refractivity contribution < 1.29 is 14.3 Å². The number of hydrogen-bond acceptors (Lipinski definition) is 7. The summed E-state index contributed by atoms with van der Waals surface area (Å²) in [6, 6.07) is 0. The molecule has 0 saturated heterocycles. The van der Waals surface area contributed by atoms with E-state index >= 15 is 0 Å². The Morgan fingerprint density at radius 1 is 1.19 bits per heavy atom. The van der Waals surface area contributed by atoms with Crippen LogP contribution < -0.4 is 0 Å². The van der Waals surface area contributed by atoms with Gasteiger partial charge in [-0.05, 0) is 45.1 Å². The third kappa shape index (κ3) is 14.7. The van der Waals surface area contributed by atoms with Crippen molar-refractivity contribution in [2.24, 2.45) is 0 Å². The smallest absolute Gasteiger partial charge is 0.391 e. The number of esters is 1. The van der Waals surface area contributed by atoms with Gasteiger partial charge in [-0.3, -0.25) is 4.79 Å². The average molecular weight is 322 g/mol. The number of ether oxygens (including phenoxy) is 1.